The number of rotatable bonds is 14. The van der Waals surface area contributed by atoms with Gasteiger partial charge in [-0.05, 0) is 32.1 Å². The Morgan fingerprint density at radius 2 is 1.00 bits per heavy atom. The van der Waals surface area contributed by atoms with Crippen LogP contribution in [0.2, 0.25) is 0 Å². The van der Waals surface area contributed by atoms with E-state index in [-0.39, 0.29) is 0 Å². The fourth-order valence-electron chi connectivity index (χ4n) is 2.95. The van der Waals surface area contributed by atoms with Gasteiger partial charge in [0.15, 0.2) is 0 Å². The molecule has 0 atom stereocenters. The Balaban J connectivity index is 4.44. The SMILES string of the molecule is CCCCC[N+](CCCC)(CCCBr)CCCCC. The van der Waals surface area contributed by atoms with Crippen LogP contribution in [-0.2, 0) is 0 Å². The van der Waals surface area contributed by atoms with Gasteiger partial charge in [0.05, 0.1) is 26.2 Å². The van der Waals surface area contributed by atoms with Crippen molar-refractivity contribution in [2.75, 3.05) is 31.5 Å². The third-order valence-corrected chi connectivity index (χ3v) is 4.78. The molecule has 1 nitrogen and oxygen atoms in total. The molecule has 0 aromatic rings. The zero-order chi connectivity index (χ0) is 14.4. The summed E-state index contributed by atoms with van der Waals surface area (Å²) in [6.07, 6.45) is 12.5. The lowest BCUT2D eigenvalue weighted by atomic mass is 10.1. The molecule has 0 saturated carbocycles. The molecule has 0 saturated heterocycles. The lowest BCUT2D eigenvalue weighted by Crippen LogP contribution is -2.50. The lowest BCUT2D eigenvalue weighted by molar-refractivity contribution is -0.928. The average molecular weight is 335 g/mol. The molecule has 0 aliphatic carbocycles. The second kappa shape index (κ2) is 13.4. The minimum atomic E-state index is 1.17. The van der Waals surface area contributed by atoms with Crippen LogP contribution >= 0.6 is 15.9 Å². The Hall–Kier alpha value is 0.440. The molecular weight excluding hydrogens is 298 g/mol. The smallest absolute Gasteiger partial charge is 0.0794 e. The van der Waals surface area contributed by atoms with Crippen molar-refractivity contribution in [1.29, 1.82) is 0 Å². The number of unbranched alkanes of at least 4 members (excludes halogenated alkanes) is 5. The first kappa shape index (κ1) is 19.4. The van der Waals surface area contributed by atoms with Crippen LogP contribution < -0.4 is 0 Å². The van der Waals surface area contributed by atoms with Gasteiger partial charge in [-0.2, -0.15) is 0 Å². The summed E-state index contributed by atoms with van der Waals surface area (Å²) >= 11 is 3.62. The van der Waals surface area contributed by atoms with Crippen molar-refractivity contribution in [3.8, 4) is 0 Å². The van der Waals surface area contributed by atoms with Gasteiger partial charge in [0.2, 0.25) is 0 Å². The standard InChI is InChI=1S/C17H37BrN/c1-4-7-10-15-19(14-9-6-3,17-12-13-18)16-11-8-5-2/h4-17H2,1-3H3/q+1. The second-order valence-corrected chi connectivity index (χ2v) is 6.84. The fourth-order valence-corrected chi connectivity index (χ4v) is 3.20. The van der Waals surface area contributed by atoms with Gasteiger partial charge in [-0.1, -0.05) is 56.0 Å². The van der Waals surface area contributed by atoms with Crippen LogP contribution in [0.4, 0.5) is 0 Å². The number of quaternary nitrogens is 1. The van der Waals surface area contributed by atoms with Crippen molar-refractivity contribution in [1.82, 2.24) is 0 Å². The molecule has 0 fully saturated rings. The highest BCUT2D eigenvalue weighted by Gasteiger charge is 2.25. The maximum Gasteiger partial charge on any atom is 0.0794 e. The van der Waals surface area contributed by atoms with Crippen LogP contribution in [0.5, 0.6) is 0 Å². The summed E-state index contributed by atoms with van der Waals surface area (Å²) in [5, 5.41) is 1.17. The molecule has 0 spiro atoms. The highest BCUT2D eigenvalue weighted by atomic mass is 79.9. The van der Waals surface area contributed by atoms with Gasteiger partial charge in [-0.25, -0.2) is 0 Å². The van der Waals surface area contributed by atoms with Crippen molar-refractivity contribution in [2.24, 2.45) is 0 Å². The van der Waals surface area contributed by atoms with E-state index in [2.05, 4.69) is 36.7 Å². The molecule has 0 aromatic heterocycles. The predicted octanol–water partition coefficient (Wildman–Crippen LogP) is 5.77. The van der Waals surface area contributed by atoms with E-state index in [0.29, 0.717) is 0 Å². The van der Waals surface area contributed by atoms with E-state index in [0.717, 1.165) is 0 Å². The van der Waals surface area contributed by atoms with E-state index in [1.165, 1.54) is 93.8 Å². The summed E-state index contributed by atoms with van der Waals surface area (Å²) in [5.74, 6) is 0. The van der Waals surface area contributed by atoms with Crippen molar-refractivity contribution in [3.63, 3.8) is 0 Å². The summed E-state index contributed by atoms with van der Waals surface area (Å²) in [6, 6.07) is 0. The van der Waals surface area contributed by atoms with Crippen LogP contribution in [-0.4, -0.2) is 36.0 Å². The second-order valence-electron chi connectivity index (χ2n) is 6.05. The Bertz CT molecular complexity index is 162. The monoisotopic (exact) mass is 334 g/mol. The molecule has 0 rings (SSSR count). The zero-order valence-electron chi connectivity index (χ0n) is 13.7. The summed E-state index contributed by atoms with van der Waals surface area (Å²) in [4.78, 5) is 0. The molecule has 0 radical (unpaired) electrons. The van der Waals surface area contributed by atoms with Crippen LogP contribution in [0.15, 0.2) is 0 Å². The van der Waals surface area contributed by atoms with E-state index in [9.17, 15) is 0 Å². The third-order valence-electron chi connectivity index (χ3n) is 4.22. The van der Waals surface area contributed by atoms with Crippen LogP contribution in [0.3, 0.4) is 0 Å². The minimum Gasteiger partial charge on any atom is -0.324 e. The van der Waals surface area contributed by atoms with Crippen molar-refractivity contribution in [2.45, 2.75) is 78.6 Å². The Labute approximate surface area is 130 Å². The van der Waals surface area contributed by atoms with E-state index in [1.54, 1.807) is 0 Å². The molecule has 0 aromatic carbocycles. The Morgan fingerprint density at radius 1 is 0.579 bits per heavy atom. The molecule has 19 heavy (non-hydrogen) atoms. The van der Waals surface area contributed by atoms with Gasteiger partial charge in [0, 0.05) is 11.8 Å². The van der Waals surface area contributed by atoms with E-state index in [4.69, 9.17) is 0 Å². The van der Waals surface area contributed by atoms with E-state index < -0.39 is 0 Å². The van der Waals surface area contributed by atoms with Crippen molar-refractivity contribution in [3.05, 3.63) is 0 Å². The number of nitrogens with zero attached hydrogens (tertiary/aromatic N) is 1. The molecule has 0 unspecified atom stereocenters. The summed E-state index contributed by atoms with van der Waals surface area (Å²) in [6.45, 7) is 12.6. The molecule has 2 heteroatoms. The Morgan fingerprint density at radius 3 is 1.42 bits per heavy atom. The molecule has 116 valence electrons. The maximum atomic E-state index is 3.62. The van der Waals surface area contributed by atoms with Gasteiger partial charge < -0.3 is 4.48 Å². The van der Waals surface area contributed by atoms with Gasteiger partial charge in [-0.15, -0.1) is 0 Å². The normalized spacial score (nSPS) is 12.0. The quantitative estimate of drug-likeness (QED) is 0.215. The zero-order valence-corrected chi connectivity index (χ0v) is 15.3. The maximum absolute atomic E-state index is 3.62. The molecule has 0 heterocycles. The Kier molecular flexibility index (Phi) is 13.7. The molecule has 0 bridgehead atoms. The highest BCUT2D eigenvalue weighted by molar-refractivity contribution is 9.09. The van der Waals surface area contributed by atoms with E-state index >= 15 is 0 Å². The summed E-state index contributed by atoms with van der Waals surface area (Å²) < 4.78 is 1.40. The molecule has 0 aliphatic rings. The molecule has 0 aliphatic heterocycles. The number of halogens is 1. The van der Waals surface area contributed by atoms with Gasteiger partial charge in [-0.3, -0.25) is 0 Å². The first-order valence-corrected chi connectivity index (χ1v) is 9.77. The number of alkyl halides is 1. The first-order valence-electron chi connectivity index (χ1n) is 8.65. The first-order chi connectivity index (χ1) is 9.24. The largest absolute Gasteiger partial charge is 0.324 e. The lowest BCUT2D eigenvalue weighted by Gasteiger charge is -2.39. The summed E-state index contributed by atoms with van der Waals surface area (Å²) in [7, 11) is 0. The average Bonchev–Trinajstić information content (AvgIpc) is 2.43. The molecule has 0 amide bonds. The molecular formula is C17H37BrN+. The van der Waals surface area contributed by atoms with Crippen molar-refractivity contribution >= 4 is 15.9 Å². The van der Waals surface area contributed by atoms with Crippen LogP contribution in [0.25, 0.3) is 0 Å². The van der Waals surface area contributed by atoms with Gasteiger partial charge >= 0.3 is 0 Å². The summed E-state index contributed by atoms with van der Waals surface area (Å²) in [5.41, 5.74) is 0. The van der Waals surface area contributed by atoms with Crippen LogP contribution in [0, 0.1) is 0 Å². The van der Waals surface area contributed by atoms with Gasteiger partial charge in [0.25, 0.3) is 0 Å². The van der Waals surface area contributed by atoms with E-state index in [1.807, 2.05) is 0 Å². The minimum absolute atomic E-state index is 1.17. The molecule has 0 N–H and O–H groups in total. The topological polar surface area (TPSA) is 0 Å². The predicted molar refractivity (Wildman–Crippen MR) is 92.1 cm³/mol. The number of hydrogen-bond acceptors (Lipinski definition) is 0. The number of hydrogen-bond donors (Lipinski definition) is 0. The highest BCUT2D eigenvalue weighted by Crippen LogP contribution is 2.17. The third kappa shape index (κ3) is 9.90. The van der Waals surface area contributed by atoms with Gasteiger partial charge in [0.1, 0.15) is 0 Å². The van der Waals surface area contributed by atoms with Crippen molar-refractivity contribution < 1.29 is 4.48 Å². The fraction of sp³-hybridized carbons (Fsp3) is 1.00. The van der Waals surface area contributed by atoms with Crippen LogP contribution in [0.1, 0.15) is 78.6 Å².